The van der Waals surface area contributed by atoms with Gasteiger partial charge in [-0.15, -0.1) is 0 Å². The number of hydrogen-bond acceptors (Lipinski definition) is 4. The van der Waals surface area contributed by atoms with Crippen molar-refractivity contribution in [3.63, 3.8) is 0 Å². The third-order valence-corrected chi connectivity index (χ3v) is 6.93. The molecule has 0 aliphatic heterocycles. The van der Waals surface area contributed by atoms with E-state index >= 15 is 0 Å². The summed E-state index contributed by atoms with van der Waals surface area (Å²) >= 11 is 0. The first kappa shape index (κ1) is 29.3. The lowest BCUT2D eigenvalue weighted by Crippen LogP contribution is -2.41. The Kier molecular flexibility index (Phi) is 9.74. The summed E-state index contributed by atoms with van der Waals surface area (Å²) in [5.74, 6) is 0.282. The van der Waals surface area contributed by atoms with Gasteiger partial charge in [-0.25, -0.2) is 4.39 Å². The molecule has 0 aromatic heterocycles. The van der Waals surface area contributed by atoms with Gasteiger partial charge in [-0.3, -0.25) is 9.59 Å². The van der Waals surface area contributed by atoms with Crippen molar-refractivity contribution in [1.82, 2.24) is 4.90 Å². The summed E-state index contributed by atoms with van der Waals surface area (Å²) in [5.41, 5.74) is 3.74. The van der Waals surface area contributed by atoms with Crippen molar-refractivity contribution in [1.29, 1.82) is 0 Å². The number of methoxy groups -OCH3 is 2. The molecule has 4 rings (SSSR count). The number of halogens is 1. The summed E-state index contributed by atoms with van der Waals surface area (Å²) in [6, 6.07) is 27.2. The smallest absolute Gasteiger partial charge is 0.251 e. The number of carbonyl (C=O) groups excluding carboxylic acids is 2. The zero-order valence-electron chi connectivity index (χ0n) is 23.8. The van der Waals surface area contributed by atoms with Crippen molar-refractivity contribution in [3.8, 4) is 11.5 Å². The van der Waals surface area contributed by atoms with Crippen LogP contribution in [0.5, 0.6) is 11.5 Å². The predicted molar refractivity (Wildman–Crippen MR) is 159 cm³/mol. The van der Waals surface area contributed by atoms with E-state index in [1.165, 1.54) is 19.2 Å². The Hall–Kier alpha value is -4.65. The van der Waals surface area contributed by atoms with E-state index in [1.54, 1.807) is 42.3 Å². The maximum Gasteiger partial charge on any atom is 0.251 e. The second kappa shape index (κ2) is 13.6. The van der Waals surface area contributed by atoms with Crippen LogP contribution in [0.2, 0.25) is 0 Å². The quantitative estimate of drug-likeness (QED) is 0.219. The van der Waals surface area contributed by atoms with Gasteiger partial charge in [-0.1, -0.05) is 80.6 Å². The third kappa shape index (κ3) is 7.51. The van der Waals surface area contributed by atoms with E-state index in [9.17, 15) is 14.0 Å². The maximum atomic E-state index is 14.1. The van der Waals surface area contributed by atoms with Crippen LogP contribution in [-0.2, 0) is 22.6 Å². The molecular weight excluding hydrogens is 519 g/mol. The van der Waals surface area contributed by atoms with Crippen molar-refractivity contribution < 1.29 is 23.5 Å². The van der Waals surface area contributed by atoms with Crippen LogP contribution in [0.1, 0.15) is 48.1 Å². The second-order valence-corrected chi connectivity index (χ2v) is 10.1. The van der Waals surface area contributed by atoms with Gasteiger partial charge in [0.05, 0.1) is 26.3 Å². The Labute approximate surface area is 240 Å². The average molecular weight is 555 g/mol. The van der Waals surface area contributed by atoms with Crippen molar-refractivity contribution in [2.75, 3.05) is 19.5 Å². The number of hydrogen-bond donors (Lipinski definition) is 1. The molecule has 4 aromatic carbocycles. The average Bonchev–Trinajstić information content (AvgIpc) is 2.98. The van der Waals surface area contributed by atoms with Crippen LogP contribution in [0.25, 0.3) is 0 Å². The van der Waals surface area contributed by atoms with Crippen LogP contribution in [0.3, 0.4) is 0 Å². The molecule has 0 bridgehead atoms. The topological polar surface area (TPSA) is 67.9 Å². The highest BCUT2D eigenvalue weighted by molar-refractivity contribution is 5.99. The maximum absolute atomic E-state index is 14.1. The summed E-state index contributed by atoms with van der Waals surface area (Å²) in [6.07, 6.45) is 0.0990. The number of ether oxygens (including phenoxy) is 2. The molecule has 7 heteroatoms. The molecule has 0 spiro atoms. The minimum atomic E-state index is -0.982. The van der Waals surface area contributed by atoms with E-state index in [0.29, 0.717) is 34.2 Å². The van der Waals surface area contributed by atoms with Gasteiger partial charge >= 0.3 is 0 Å². The Morgan fingerprint density at radius 3 is 2.07 bits per heavy atom. The summed E-state index contributed by atoms with van der Waals surface area (Å²) in [7, 11) is 3.06. The van der Waals surface area contributed by atoms with Crippen molar-refractivity contribution in [2.45, 2.75) is 38.8 Å². The van der Waals surface area contributed by atoms with Gasteiger partial charge < -0.3 is 19.7 Å². The molecule has 1 unspecified atom stereocenters. The molecule has 4 aromatic rings. The summed E-state index contributed by atoms with van der Waals surface area (Å²) < 4.78 is 24.5. The Morgan fingerprint density at radius 1 is 0.805 bits per heavy atom. The minimum absolute atomic E-state index is 0.0990. The molecule has 0 aliphatic rings. The van der Waals surface area contributed by atoms with Crippen LogP contribution in [0, 0.1) is 5.82 Å². The van der Waals surface area contributed by atoms with Gasteiger partial charge in [0, 0.05) is 12.6 Å². The summed E-state index contributed by atoms with van der Waals surface area (Å²) in [5, 5.41) is 2.97. The van der Waals surface area contributed by atoms with Crippen LogP contribution in [-0.4, -0.2) is 30.9 Å². The lowest BCUT2D eigenvalue weighted by atomic mass is 9.97. The van der Waals surface area contributed by atoms with E-state index in [2.05, 4.69) is 19.2 Å². The Morgan fingerprint density at radius 2 is 1.46 bits per heavy atom. The first-order valence-corrected chi connectivity index (χ1v) is 13.5. The molecule has 41 heavy (non-hydrogen) atoms. The Bertz CT molecular complexity index is 1450. The number of amides is 2. The number of benzene rings is 4. The number of nitrogens with one attached hydrogen (secondary N) is 1. The highest BCUT2D eigenvalue weighted by Crippen LogP contribution is 2.32. The minimum Gasteiger partial charge on any atom is -0.497 e. The van der Waals surface area contributed by atoms with Crippen molar-refractivity contribution in [3.05, 3.63) is 125 Å². The molecular formula is C34H35FN2O4. The van der Waals surface area contributed by atoms with Crippen molar-refractivity contribution in [2.24, 2.45) is 0 Å². The SMILES string of the molecule is COc1ccc(NC(=O)C(c2ccc(C(C)C)cc2)N(Cc2ccc(F)cc2)C(=O)Cc2ccccc2)c(OC)c1. The molecule has 0 heterocycles. The van der Waals surface area contributed by atoms with E-state index in [4.69, 9.17) is 9.47 Å². The number of nitrogens with zero attached hydrogens (tertiary/aromatic N) is 1. The fourth-order valence-corrected chi connectivity index (χ4v) is 4.62. The van der Waals surface area contributed by atoms with Crippen LogP contribution >= 0.6 is 0 Å². The lowest BCUT2D eigenvalue weighted by molar-refractivity contribution is -0.139. The third-order valence-electron chi connectivity index (χ3n) is 6.93. The summed E-state index contributed by atoms with van der Waals surface area (Å²) in [6.45, 7) is 4.30. The predicted octanol–water partition coefficient (Wildman–Crippen LogP) is 6.92. The van der Waals surface area contributed by atoms with Gasteiger partial charge in [0.15, 0.2) is 0 Å². The fraction of sp³-hybridized carbons (Fsp3) is 0.235. The zero-order valence-corrected chi connectivity index (χ0v) is 23.8. The van der Waals surface area contributed by atoms with Crippen LogP contribution in [0.15, 0.2) is 97.1 Å². The Balaban J connectivity index is 1.78. The van der Waals surface area contributed by atoms with Gasteiger partial charge in [-0.2, -0.15) is 0 Å². The highest BCUT2D eigenvalue weighted by Gasteiger charge is 2.32. The molecule has 0 fully saturated rings. The van der Waals surface area contributed by atoms with Gasteiger partial charge in [0.25, 0.3) is 5.91 Å². The van der Waals surface area contributed by atoms with Gasteiger partial charge in [0.1, 0.15) is 23.4 Å². The molecule has 0 saturated heterocycles. The first-order valence-electron chi connectivity index (χ1n) is 13.5. The second-order valence-electron chi connectivity index (χ2n) is 10.1. The van der Waals surface area contributed by atoms with E-state index in [-0.39, 0.29) is 24.7 Å². The van der Waals surface area contributed by atoms with Crippen molar-refractivity contribution >= 4 is 17.5 Å². The van der Waals surface area contributed by atoms with Gasteiger partial charge in [0.2, 0.25) is 5.91 Å². The normalized spacial score (nSPS) is 11.6. The number of anilines is 1. The monoisotopic (exact) mass is 554 g/mol. The molecule has 6 nitrogen and oxygen atoms in total. The largest absolute Gasteiger partial charge is 0.497 e. The van der Waals surface area contributed by atoms with E-state index < -0.39 is 11.9 Å². The molecule has 2 amide bonds. The molecule has 1 atom stereocenters. The van der Waals surface area contributed by atoms with E-state index in [0.717, 1.165) is 11.1 Å². The molecule has 0 radical (unpaired) electrons. The molecule has 212 valence electrons. The molecule has 1 N–H and O–H groups in total. The fourth-order valence-electron chi connectivity index (χ4n) is 4.62. The zero-order chi connectivity index (χ0) is 29.4. The lowest BCUT2D eigenvalue weighted by Gasteiger charge is -2.32. The highest BCUT2D eigenvalue weighted by atomic mass is 19.1. The first-order chi connectivity index (χ1) is 19.8. The van der Waals surface area contributed by atoms with Crippen LogP contribution < -0.4 is 14.8 Å². The standard InChI is InChI=1S/C34H35FN2O4/c1-23(2)26-12-14-27(15-13-26)33(34(39)36-30-19-18-29(40-3)21-31(30)41-4)37(22-25-10-16-28(35)17-11-25)32(38)20-24-8-6-5-7-9-24/h5-19,21,23,33H,20,22H2,1-4H3,(H,36,39). The summed E-state index contributed by atoms with van der Waals surface area (Å²) in [4.78, 5) is 29.7. The number of carbonyl (C=O) groups is 2. The van der Waals surface area contributed by atoms with Crippen LogP contribution in [0.4, 0.5) is 10.1 Å². The van der Waals surface area contributed by atoms with E-state index in [1.807, 2.05) is 54.6 Å². The molecule has 0 saturated carbocycles. The number of rotatable bonds is 11. The molecule has 0 aliphatic carbocycles. The van der Waals surface area contributed by atoms with Gasteiger partial charge in [-0.05, 0) is 52.4 Å².